The van der Waals surface area contributed by atoms with Gasteiger partial charge in [0.15, 0.2) is 10.5 Å². The van der Waals surface area contributed by atoms with Crippen LogP contribution in [-0.4, -0.2) is 30.0 Å². The lowest BCUT2D eigenvalue weighted by atomic mass is 9.99. The average molecular weight is 350 g/mol. The van der Waals surface area contributed by atoms with Gasteiger partial charge in [0, 0.05) is 13.0 Å². The van der Waals surface area contributed by atoms with Crippen molar-refractivity contribution in [3.05, 3.63) is 0 Å². The fraction of sp³-hybridized carbons (Fsp3) is 0.941. The van der Waals surface area contributed by atoms with Gasteiger partial charge in [-0.3, -0.25) is 9.35 Å². The second-order valence-corrected chi connectivity index (χ2v) is 8.47. The third-order valence-corrected chi connectivity index (χ3v) is 6.09. The Labute approximate surface area is 142 Å². The number of unbranched alkanes of at least 4 members (excludes halogenated alkanes) is 10. The van der Waals surface area contributed by atoms with E-state index in [9.17, 15) is 13.2 Å². The van der Waals surface area contributed by atoms with E-state index in [0.29, 0.717) is 6.42 Å². The van der Waals surface area contributed by atoms with Crippen molar-refractivity contribution < 1.29 is 17.8 Å². The molecule has 0 aliphatic heterocycles. The van der Waals surface area contributed by atoms with Crippen molar-refractivity contribution in [1.82, 2.24) is 0 Å². The first-order valence-electron chi connectivity index (χ1n) is 9.00. The Morgan fingerprint density at radius 1 is 0.913 bits per heavy atom. The van der Waals surface area contributed by atoms with Gasteiger partial charge in [-0.1, -0.05) is 71.1 Å². The SMILES string of the molecule is CCCCCCCCCCCCCC(=O)C(C)(CN)S(=O)(=O)O. The van der Waals surface area contributed by atoms with Gasteiger partial charge in [-0.05, 0) is 13.3 Å². The highest BCUT2D eigenvalue weighted by Crippen LogP contribution is 2.20. The van der Waals surface area contributed by atoms with Crippen LogP contribution in [0.1, 0.15) is 90.9 Å². The van der Waals surface area contributed by atoms with Crippen LogP contribution in [0.2, 0.25) is 0 Å². The number of nitrogens with two attached hydrogens (primary N) is 1. The van der Waals surface area contributed by atoms with Gasteiger partial charge in [-0.15, -0.1) is 0 Å². The summed E-state index contributed by atoms with van der Waals surface area (Å²) >= 11 is 0. The first-order valence-corrected chi connectivity index (χ1v) is 10.4. The summed E-state index contributed by atoms with van der Waals surface area (Å²) in [4.78, 5) is 12.0. The molecule has 0 fully saturated rings. The molecule has 0 spiro atoms. The van der Waals surface area contributed by atoms with Gasteiger partial charge in [0.25, 0.3) is 10.1 Å². The predicted octanol–water partition coefficient (Wildman–Crippen LogP) is 3.86. The monoisotopic (exact) mass is 349 g/mol. The minimum atomic E-state index is -4.45. The van der Waals surface area contributed by atoms with Crippen molar-refractivity contribution >= 4 is 15.9 Å². The second kappa shape index (κ2) is 12.0. The summed E-state index contributed by atoms with van der Waals surface area (Å²) in [5.41, 5.74) is 5.36. The first-order chi connectivity index (χ1) is 10.8. The van der Waals surface area contributed by atoms with Crippen molar-refractivity contribution in [3.8, 4) is 0 Å². The quantitative estimate of drug-likeness (QED) is 0.345. The van der Waals surface area contributed by atoms with Crippen LogP contribution in [0, 0.1) is 0 Å². The van der Waals surface area contributed by atoms with Crippen LogP contribution in [0.3, 0.4) is 0 Å². The van der Waals surface area contributed by atoms with Gasteiger partial charge in [0.1, 0.15) is 0 Å². The van der Waals surface area contributed by atoms with E-state index in [1.807, 2.05) is 0 Å². The van der Waals surface area contributed by atoms with E-state index in [1.165, 1.54) is 51.9 Å². The number of hydrogen-bond acceptors (Lipinski definition) is 4. The van der Waals surface area contributed by atoms with Gasteiger partial charge >= 0.3 is 0 Å². The largest absolute Gasteiger partial charge is 0.328 e. The first kappa shape index (κ1) is 22.5. The zero-order chi connectivity index (χ0) is 17.8. The van der Waals surface area contributed by atoms with E-state index in [0.717, 1.165) is 19.3 Å². The highest BCUT2D eigenvalue weighted by Gasteiger charge is 2.43. The number of rotatable bonds is 15. The van der Waals surface area contributed by atoms with Crippen LogP contribution < -0.4 is 5.73 Å². The lowest BCUT2D eigenvalue weighted by Gasteiger charge is -2.22. The third kappa shape index (κ3) is 8.82. The highest BCUT2D eigenvalue weighted by atomic mass is 32.2. The molecule has 0 aromatic heterocycles. The maximum Gasteiger partial charge on any atom is 0.278 e. The van der Waals surface area contributed by atoms with Crippen molar-refractivity contribution in [2.75, 3.05) is 6.54 Å². The van der Waals surface area contributed by atoms with Crippen LogP contribution in [0.25, 0.3) is 0 Å². The zero-order valence-corrected chi connectivity index (χ0v) is 15.7. The molecule has 0 aliphatic carbocycles. The average Bonchev–Trinajstić information content (AvgIpc) is 2.50. The number of carbonyl (C=O) groups excluding carboxylic acids is 1. The van der Waals surface area contributed by atoms with Gasteiger partial charge in [0.05, 0.1) is 0 Å². The third-order valence-electron chi connectivity index (χ3n) is 4.56. The fourth-order valence-corrected chi connectivity index (χ4v) is 3.18. The molecule has 0 heterocycles. The van der Waals surface area contributed by atoms with Crippen LogP contribution in [-0.2, 0) is 14.9 Å². The summed E-state index contributed by atoms with van der Waals surface area (Å²) in [5, 5.41) is 0. The Kier molecular flexibility index (Phi) is 11.7. The van der Waals surface area contributed by atoms with E-state index in [2.05, 4.69) is 6.92 Å². The van der Waals surface area contributed by atoms with Gasteiger partial charge in [-0.25, -0.2) is 0 Å². The molecule has 0 radical (unpaired) electrons. The maximum atomic E-state index is 12.0. The topological polar surface area (TPSA) is 97.5 Å². The van der Waals surface area contributed by atoms with Crippen molar-refractivity contribution in [3.63, 3.8) is 0 Å². The number of hydrogen-bond donors (Lipinski definition) is 2. The van der Waals surface area contributed by atoms with E-state index in [1.54, 1.807) is 0 Å². The smallest absolute Gasteiger partial charge is 0.278 e. The Morgan fingerprint density at radius 2 is 1.30 bits per heavy atom. The molecule has 0 saturated heterocycles. The molecule has 6 heteroatoms. The van der Waals surface area contributed by atoms with E-state index >= 15 is 0 Å². The molecule has 0 saturated carbocycles. The summed E-state index contributed by atoms with van der Waals surface area (Å²) in [6, 6.07) is 0. The number of carbonyl (C=O) groups is 1. The molecular formula is C17H35NO4S. The van der Waals surface area contributed by atoms with E-state index in [-0.39, 0.29) is 13.0 Å². The predicted molar refractivity (Wildman–Crippen MR) is 95.1 cm³/mol. The number of Topliss-reactive ketones (excluding diaryl/α,β-unsaturated/α-hetero) is 1. The van der Waals surface area contributed by atoms with Crippen LogP contribution in [0.15, 0.2) is 0 Å². The van der Waals surface area contributed by atoms with Crippen molar-refractivity contribution in [2.45, 2.75) is 95.6 Å². The highest BCUT2D eigenvalue weighted by molar-refractivity contribution is 7.88. The Balaban J connectivity index is 3.71. The molecule has 0 aliphatic rings. The molecular weight excluding hydrogens is 314 g/mol. The molecule has 0 rings (SSSR count). The maximum absolute atomic E-state index is 12.0. The molecule has 138 valence electrons. The fourth-order valence-electron chi connectivity index (χ4n) is 2.58. The van der Waals surface area contributed by atoms with Gasteiger partial charge in [-0.2, -0.15) is 8.42 Å². The summed E-state index contributed by atoms with van der Waals surface area (Å²) in [6.45, 7) is 3.03. The molecule has 0 bridgehead atoms. The summed E-state index contributed by atoms with van der Waals surface area (Å²) in [6.07, 6.45) is 13.0. The van der Waals surface area contributed by atoms with Crippen LogP contribution in [0.5, 0.6) is 0 Å². The summed E-state index contributed by atoms with van der Waals surface area (Å²) < 4.78 is 29.9. The molecule has 1 atom stereocenters. The number of ketones is 1. The molecule has 23 heavy (non-hydrogen) atoms. The molecule has 0 aromatic carbocycles. The second-order valence-electron chi connectivity index (χ2n) is 6.62. The minimum absolute atomic E-state index is 0.157. The normalized spacial score (nSPS) is 14.6. The lowest BCUT2D eigenvalue weighted by Crippen LogP contribution is -2.49. The van der Waals surface area contributed by atoms with Crippen molar-refractivity contribution in [2.24, 2.45) is 5.73 Å². The standard InChI is InChI=1S/C17H35NO4S/c1-3-4-5-6-7-8-9-10-11-12-13-14-16(19)17(2,15-18)23(20,21)22/h3-15,18H2,1-2H3,(H,20,21,22). The molecule has 1 unspecified atom stereocenters. The molecule has 5 nitrogen and oxygen atoms in total. The molecule has 0 aromatic rings. The minimum Gasteiger partial charge on any atom is -0.328 e. The summed E-state index contributed by atoms with van der Waals surface area (Å²) in [5.74, 6) is -0.488. The Morgan fingerprint density at radius 3 is 1.65 bits per heavy atom. The molecule has 0 amide bonds. The van der Waals surface area contributed by atoms with Gasteiger partial charge in [0.2, 0.25) is 0 Å². The van der Waals surface area contributed by atoms with E-state index in [4.69, 9.17) is 10.3 Å². The van der Waals surface area contributed by atoms with Crippen molar-refractivity contribution in [1.29, 1.82) is 0 Å². The lowest BCUT2D eigenvalue weighted by molar-refractivity contribution is -0.121. The Bertz CT molecular complexity index is 422. The molecule has 3 N–H and O–H groups in total. The Hall–Kier alpha value is -0.460. The zero-order valence-electron chi connectivity index (χ0n) is 14.8. The summed E-state index contributed by atoms with van der Waals surface area (Å²) in [7, 11) is -4.45. The van der Waals surface area contributed by atoms with Gasteiger partial charge < -0.3 is 5.73 Å². The van der Waals surface area contributed by atoms with Crippen LogP contribution in [0.4, 0.5) is 0 Å². The van der Waals surface area contributed by atoms with E-state index < -0.39 is 20.6 Å². The van der Waals surface area contributed by atoms with Crippen LogP contribution >= 0.6 is 0 Å².